The molecule has 0 aliphatic carbocycles. The maximum absolute atomic E-state index is 11.5. The number of amides is 3. The smallest absolute Gasteiger partial charge is 0.323 e. The molecular weight excluding hydrogens is 248 g/mol. The monoisotopic (exact) mass is 260 g/mol. The summed E-state index contributed by atoms with van der Waals surface area (Å²) in [6, 6.07) is 1.54. The van der Waals surface area contributed by atoms with Gasteiger partial charge < -0.3 is 4.90 Å². The molecule has 0 aliphatic rings. The van der Waals surface area contributed by atoms with E-state index < -0.39 is 6.03 Å². The lowest BCUT2D eigenvalue weighted by Gasteiger charge is -2.16. The normalized spacial score (nSPS) is 9.88. The Morgan fingerprint density at radius 1 is 1.56 bits per heavy atom. The zero-order valence-corrected chi connectivity index (χ0v) is 10.5. The van der Waals surface area contributed by atoms with Crippen LogP contribution in [-0.4, -0.2) is 29.8 Å². The van der Waals surface area contributed by atoms with E-state index in [-0.39, 0.29) is 18.2 Å². The van der Waals surface area contributed by atoms with Crippen molar-refractivity contribution in [2.24, 2.45) is 0 Å². The van der Waals surface area contributed by atoms with Crippen LogP contribution in [0.4, 0.5) is 4.79 Å². The van der Waals surface area contributed by atoms with E-state index in [9.17, 15) is 9.59 Å². The van der Waals surface area contributed by atoms with E-state index in [1.54, 1.807) is 18.4 Å². The molecule has 0 bridgehead atoms. The number of nitrogens with zero attached hydrogens (tertiary/aromatic N) is 1. The lowest BCUT2D eigenvalue weighted by molar-refractivity contribution is -0.119. The third kappa shape index (κ3) is 4.20. The van der Waals surface area contributed by atoms with Crippen molar-refractivity contribution in [3.8, 4) is 0 Å². The lowest BCUT2D eigenvalue weighted by Crippen LogP contribution is -2.40. The highest BCUT2D eigenvalue weighted by molar-refractivity contribution is 7.07. The van der Waals surface area contributed by atoms with Crippen LogP contribution in [0.3, 0.4) is 0 Å². The highest BCUT2D eigenvalue weighted by atomic mass is 35.5. The maximum Gasteiger partial charge on any atom is 0.324 e. The Bertz CT molecular complexity index is 354. The molecule has 4 nitrogen and oxygen atoms in total. The second-order valence-electron chi connectivity index (χ2n) is 3.28. The molecule has 0 fully saturated rings. The summed E-state index contributed by atoms with van der Waals surface area (Å²) >= 11 is 6.96. The first-order chi connectivity index (χ1) is 7.63. The number of alkyl halides is 1. The van der Waals surface area contributed by atoms with Crippen LogP contribution >= 0.6 is 22.9 Å². The zero-order valence-electron chi connectivity index (χ0n) is 8.90. The second kappa shape index (κ2) is 6.50. The van der Waals surface area contributed by atoms with Gasteiger partial charge in [0.1, 0.15) is 0 Å². The van der Waals surface area contributed by atoms with Gasteiger partial charge in [-0.15, -0.1) is 11.6 Å². The van der Waals surface area contributed by atoms with Crippen molar-refractivity contribution >= 4 is 34.9 Å². The van der Waals surface area contributed by atoms with E-state index in [0.29, 0.717) is 6.54 Å². The van der Waals surface area contributed by atoms with Crippen LogP contribution in [0.25, 0.3) is 0 Å². The van der Waals surface area contributed by atoms with Crippen molar-refractivity contribution in [2.45, 2.75) is 13.0 Å². The summed E-state index contributed by atoms with van der Waals surface area (Å²) in [5.74, 6) is -0.134. The molecule has 16 heavy (non-hydrogen) atoms. The Morgan fingerprint density at radius 2 is 2.31 bits per heavy atom. The number of carbonyl (C=O) groups excluding carboxylic acids is 2. The van der Waals surface area contributed by atoms with Crippen molar-refractivity contribution in [2.75, 3.05) is 12.9 Å². The average molecular weight is 261 g/mol. The van der Waals surface area contributed by atoms with Crippen molar-refractivity contribution in [1.82, 2.24) is 10.2 Å². The first kappa shape index (κ1) is 13.0. The predicted octanol–water partition coefficient (Wildman–Crippen LogP) is 2.04. The highest BCUT2D eigenvalue weighted by Crippen LogP contribution is 2.08. The summed E-state index contributed by atoms with van der Waals surface area (Å²) in [5.41, 5.74) is 1.05. The van der Waals surface area contributed by atoms with E-state index >= 15 is 0 Å². The fourth-order valence-electron chi connectivity index (χ4n) is 1.09. The second-order valence-corrected chi connectivity index (χ2v) is 4.44. The van der Waals surface area contributed by atoms with Gasteiger partial charge in [0.15, 0.2) is 0 Å². The topological polar surface area (TPSA) is 49.4 Å². The molecule has 88 valence electrons. The summed E-state index contributed by atoms with van der Waals surface area (Å²) in [5, 5.41) is 6.17. The summed E-state index contributed by atoms with van der Waals surface area (Å²) in [6.45, 7) is 0.490. The van der Waals surface area contributed by atoms with Crippen LogP contribution in [0.5, 0.6) is 0 Å². The van der Waals surface area contributed by atoms with E-state index in [4.69, 9.17) is 11.6 Å². The highest BCUT2D eigenvalue weighted by Gasteiger charge is 2.12. The maximum atomic E-state index is 11.5. The molecule has 3 amide bonds. The molecule has 0 atom stereocenters. The quantitative estimate of drug-likeness (QED) is 0.843. The lowest BCUT2D eigenvalue weighted by atomic mass is 10.3. The molecule has 6 heteroatoms. The summed E-state index contributed by atoms with van der Waals surface area (Å²) in [6.07, 6.45) is 0.152. The molecule has 0 unspecified atom stereocenters. The Labute approximate surface area is 103 Å². The number of nitrogens with one attached hydrogen (secondary N) is 1. The van der Waals surface area contributed by atoms with Gasteiger partial charge in [-0.1, -0.05) is 0 Å². The number of hydrogen-bond acceptors (Lipinski definition) is 3. The van der Waals surface area contributed by atoms with Crippen molar-refractivity contribution in [3.63, 3.8) is 0 Å². The number of thiophene rings is 1. The minimum atomic E-state index is -0.402. The van der Waals surface area contributed by atoms with Crippen LogP contribution in [0.15, 0.2) is 16.8 Å². The average Bonchev–Trinajstić information content (AvgIpc) is 2.70. The van der Waals surface area contributed by atoms with Gasteiger partial charge in [0.05, 0.1) is 0 Å². The fraction of sp³-hybridized carbons (Fsp3) is 0.400. The Morgan fingerprint density at radius 3 is 2.88 bits per heavy atom. The van der Waals surface area contributed by atoms with Crippen LogP contribution < -0.4 is 5.32 Å². The minimum absolute atomic E-state index is 0.152. The molecule has 0 aliphatic heterocycles. The van der Waals surface area contributed by atoms with Gasteiger partial charge >= 0.3 is 6.03 Å². The predicted molar refractivity (Wildman–Crippen MR) is 64.7 cm³/mol. The number of imide groups is 1. The number of halogens is 1. The first-order valence-electron chi connectivity index (χ1n) is 4.75. The van der Waals surface area contributed by atoms with Gasteiger partial charge in [0, 0.05) is 25.9 Å². The Balaban J connectivity index is 2.39. The number of rotatable bonds is 4. The van der Waals surface area contributed by atoms with Crippen LogP contribution in [0.2, 0.25) is 0 Å². The van der Waals surface area contributed by atoms with Crippen LogP contribution in [-0.2, 0) is 11.3 Å². The van der Waals surface area contributed by atoms with Crippen molar-refractivity contribution < 1.29 is 9.59 Å². The first-order valence-corrected chi connectivity index (χ1v) is 6.23. The van der Waals surface area contributed by atoms with Gasteiger partial charge in [-0.05, 0) is 22.4 Å². The van der Waals surface area contributed by atoms with Crippen molar-refractivity contribution in [1.29, 1.82) is 0 Å². The van der Waals surface area contributed by atoms with E-state index in [0.717, 1.165) is 5.56 Å². The molecule has 1 aromatic heterocycles. The van der Waals surface area contributed by atoms with E-state index in [2.05, 4.69) is 5.32 Å². The third-order valence-electron chi connectivity index (χ3n) is 1.91. The van der Waals surface area contributed by atoms with E-state index in [1.807, 2.05) is 16.8 Å². The van der Waals surface area contributed by atoms with Crippen molar-refractivity contribution in [3.05, 3.63) is 22.4 Å². The summed E-state index contributed by atoms with van der Waals surface area (Å²) in [7, 11) is 1.64. The summed E-state index contributed by atoms with van der Waals surface area (Å²) < 4.78 is 0. The molecule has 1 heterocycles. The molecule has 0 spiro atoms. The molecule has 1 aromatic rings. The minimum Gasteiger partial charge on any atom is -0.323 e. The van der Waals surface area contributed by atoms with Gasteiger partial charge in [-0.25, -0.2) is 4.79 Å². The van der Waals surface area contributed by atoms with Gasteiger partial charge in [0.2, 0.25) is 5.91 Å². The standard InChI is InChI=1S/C10H13ClN2O2S/c1-13(6-8-3-5-16-7-8)10(15)12-9(14)2-4-11/h3,5,7H,2,4,6H2,1H3,(H,12,14,15). The molecule has 0 saturated heterocycles. The van der Waals surface area contributed by atoms with Crippen LogP contribution in [0.1, 0.15) is 12.0 Å². The molecule has 1 rings (SSSR count). The van der Waals surface area contributed by atoms with Gasteiger partial charge in [-0.2, -0.15) is 11.3 Å². The fourth-order valence-corrected chi connectivity index (χ4v) is 1.92. The molecule has 0 saturated carbocycles. The van der Waals surface area contributed by atoms with E-state index in [1.165, 1.54) is 4.90 Å². The SMILES string of the molecule is CN(Cc1ccsc1)C(=O)NC(=O)CCCl. The molecule has 0 aromatic carbocycles. The molecular formula is C10H13ClN2O2S. The molecule has 1 N–H and O–H groups in total. The zero-order chi connectivity index (χ0) is 12.0. The van der Waals surface area contributed by atoms with Crippen LogP contribution in [0, 0.1) is 0 Å². The third-order valence-corrected chi connectivity index (χ3v) is 2.84. The Kier molecular flexibility index (Phi) is 5.28. The molecule has 0 radical (unpaired) electrons. The largest absolute Gasteiger partial charge is 0.324 e. The number of hydrogen-bond donors (Lipinski definition) is 1. The van der Waals surface area contributed by atoms with Gasteiger partial charge in [-0.3, -0.25) is 10.1 Å². The number of urea groups is 1. The van der Waals surface area contributed by atoms with Gasteiger partial charge in [0.25, 0.3) is 0 Å². The number of carbonyl (C=O) groups is 2. The Hall–Kier alpha value is -1.07. The summed E-state index contributed by atoms with van der Waals surface area (Å²) in [4.78, 5) is 24.1.